The number of carbonyl (C=O) groups is 2. The van der Waals surface area contributed by atoms with Crippen molar-refractivity contribution < 1.29 is 14.7 Å². The van der Waals surface area contributed by atoms with Crippen LogP contribution < -0.4 is 0 Å². The Morgan fingerprint density at radius 2 is 1.37 bits per heavy atom. The van der Waals surface area contributed by atoms with Gasteiger partial charge in [-0.3, -0.25) is 4.79 Å². The first-order valence-corrected chi connectivity index (χ1v) is 7.59. The standard InChI is InChI=1S/C16H28O3/c1-2-3-4-5-6-7-8-9-10-11-12-13-14-15(17)16(18)19/h7-8H,2-6,9-14H2,1H3,(H,18,19). The van der Waals surface area contributed by atoms with Gasteiger partial charge in [0.05, 0.1) is 0 Å². The third-order valence-electron chi connectivity index (χ3n) is 3.15. The maximum Gasteiger partial charge on any atom is 0.372 e. The fourth-order valence-corrected chi connectivity index (χ4v) is 1.93. The highest BCUT2D eigenvalue weighted by atomic mass is 16.4. The molecule has 0 aliphatic rings. The van der Waals surface area contributed by atoms with Crippen LogP contribution in [0, 0.1) is 0 Å². The van der Waals surface area contributed by atoms with Gasteiger partial charge in [0.2, 0.25) is 5.78 Å². The number of carboxylic acid groups (broad SMARTS) is 1. The zero-order chi connectivity index (χ0) is 14.3. The Bertz CT molecular complexity index is 269. The predicted octanol–water partition coefficient (Wildman–Crippen LogP) is 4.51. The molecule has 0 aliphatic heterocycles. The molecule has 0 amide bonds. The van der Waals surface area contributed by atoms with Crippen molar-refractivity contribution in [3.63, 3.8) is 0 Å². The van der Waals surface area contributed by atoms with Crippen LogP contribution in [-0.4, -0.2) is 16.9 Å². The highest BCUT2D eigenvalue weighted by Crippen LogP contribution is 2.08. The average Bonchev–Trinajstić information content (AvgIpc) is 2.39. The zero-order valence-electron chi connectivity index (χ0n) is 12.2. The van der Waals surface area contributed by atoms with Crippen molar-refractivity contribution in [3.8, 4) is 0 Å². The van der Waals surface area contributed by atoms with Crippen LogP contribution in [0.5, 0.6) is 0 Å². The van der Waals surface area contributed by atoms with Crippen LogP contribution in [0.15, 0.2) is 12.2 Å². The molecule has 0 aliphatic carbocycles. The van der Waals surface area contributed by atoms with E-state index in [2.05, 4.69) is 19.1 Å². The second-order valence-corrected chi connectivity index (χ2v) is 5.00. The van der Waals surface area contributed by atoms with Crippen LogP contribution in [0.3, 0.4) is 0 Å². The van der Waals surface area contributed by atoms with Gasteiger partial charge >= 0.3 is 5.97 Å². The van der Waals surface area contributed by atoms with Crippen LogP contribution in [0.25, 0.3) is 0 Å². The normalized spacial score (nSPS) is 11.0. The van der Waals surface area contributed by atoms with E-state index in [9.17, 15) is 9.59 Å². The minimum Gasteiger partial charge on any atom is -0.476 e. The topological polar surface area (TPSA) is 54.4 Å². The largest absolute Gasteiger partial charge is 0.476 e. The summed E-state index contributed by atoms with van der Waals surface area (Å²) in [5, 5.41) is 8.40. The fourth-order valence-electron chi connectivity index (χ4n) is 1.93. The number of ketones is 1. The highest BCUT2D eigenvalue weighted by molar-refractivity contribution is 6.32. The molecule has 19 heavy (non-hydrogen) atoms. The Morgan fingerprint density at radius 1 is 0.842 bits per heavy atom. The number of unbranched alkanes of at least 4 members (excludes halogenated alkanes) is 8. The molecule has 0 aromatic carbocycles. The first kappa shape index (κ1) is 17.9. The Morgan fingerprint density at radius 3 is 1.89 bits per heavy atom. The summed E-state index contributed by atoms with van der Waals surface area (Å²) in [5.41, 5.74) is 0. The molecule has 0 fully saturated rings. The Kier molecular flexibility index (Phi) is 12.5. The van der Waals surface area contributed by atoms with E-state index >= 15 is 0 Å². The summed E-state index contributed by atoms with van der Waals surface area (Å²) in [4.78, 5) is 21.1. The van der Waals surface area contributed by atoms with E-state index in [1.54, 1.807) is 0 Å². The van der Waals surface area contributed by atoms with E-state index < -0.39 is 11.8 Å². The van der Waals surface area contributed by atoms with Gasteiger partial charge in [-0.05, 0) is 32.1 Å². The SMILES string of the molecule is CCCCCCC=CCCCCCCC(=O)C(=O)O. The first-order valence-electron chi connectivity index (χ1n) is 7.59. The lowest BCUT2D eigenvalue weighted by Crippen LogP contribution is -2.11. The summed E-state index contributed by atoms with van der Waals surface area (Å²) in [7, 11) is 0. The lowest BCUT2D eigenvalue weighted by Gasteiger charge is -1.98. The number of carboxylic acids is 1. The number of allylic oxidation sites excluding steroid dienone is 2. The Balaban J connectivity index is 3.20. The second kappa shape index (κ2) is 13.3. The maximum atomic E-state index is 10.8. The number of aliphatic carboxylic acids is 1. The molecule has 0 unspecified atom stereocenters. The molecular weight excluding hydrogens is 240 g/mol. The highest BCUT2D eigenvalue weighted by Gasteiger charge is 2.09. The van der Waals surface area contributed by atoms with Crippen molar-refractivity contribution in [1.29, 1.82) is 0 Å². The molecule has 0 radical (unpaired) electrons. The van der Waals surface area contributed by atoms with Gasteiger partial charge in [0.25, 0.3) is 0 Å². The number of carbonyl (C=O) groups excluding carboxylic acids is 1. The number of hydrogen-bond acceptors (Lipinski definition) is 2. The summed E-state index contributed by atoms with van der Waals surface area (Å²) in [6.07, 6.45) is 16.1. The lowest BCUT2D eigenvalue weighted by molar-refractivity contribution is -0.149. The Labute approximate surface area is 117 Å². The van der Waals surface area contributed by atoms with Crippen molar-refractivity contribution in [2.24, 2.45) is 0 Å². The lowest BCUT2D eigenvalue weighted by atomic mass is 10.1. The van der Waals surface area contributed by atoms with Crippen LogP contribution in [-0.2, 0) is 9.59 Å². The van der Waals surface area contributed by atoms with E-state index in [1.807, 2.05) is 0 Å². The maximum absolute atomic E-state index is 10.8. The molecule has 0 rings (SSSR count). The van der Waals surface area contributed by atoms with Gasteiger partial charge in [0, 0.05) is 6.42 Å². The van der Waals surface area contributed by atoms with Gasteiger partial charge in [0.15, 0.2) is 0 Å². The molecular formula is C16H28O3. The molecule has 0 saturated heterocycles. The van der Waals surface area contributed by atoms with Gasteiger partial charge < -0.3 is 5.11 Å². The van der Waals surface area contributed by atoms with Gasteiger partial charge in [-0.2, -0.15) is 0 Å². The summed E-state index contributed by atoms with van der Waals surface area (Å²) < 4.78 is 0. The van der Waals surface area contributed by atoms with Crippen molar-refractivity contribution >= 4 is 11.8 Å². The molecule has 3 nitrogen and oxygen atoms in total. The quantitative estimate of drug-likeness (QED) is 0.304. The van der Waals surface area contributed by atoms with Gasteiger partial charge in [-0.1, -0.05) is 51.2 Å². The minimum absolute atomic E-state index is 0.183. The summed E-state index contributed by atoms with van der Waals surface area (Å²) in [6.45, 7) is 2.22. The molecule has 0 bridgehead atoms. The molecule has 0 heterocycles. The molecule has 0 atom stereocenters. The van der Waals surface area contributed by atoms with Gasteiger partial charge in [0.1, 0.15) is 0 Å². The molecule has 110 valence electrons. The molecule has 0 aromatic rings. The van der Waals surface area contributed by atoms with Gasteiger partial charge in [-0.15, -0.1) is 0 Å². The van der Waals surface area contributed by atoms with E-state index in [1.165, 1.54) is 32.1 Å². The van der Waals surface area contributed by atoms with Gasteiger partial charge in [-0.25, -0.2) is 4.79 Å². The van der Waals surface area contributed by atoms with E-state index in [-0.39, 0.29) is 6.42 Å². The van der Waals surface area contributed by atoms with E-state index in [0.29, 0.717) is 6.42 Å². The molecule has 0 spiro atoms. The zero-order valence-corrected chi connectivity index (χ0v) is 12.2. The summed E-state index contributed by atoms with van der Waals surface area (Å²) in [6, 6.07) is 0. The monoisotopic (exact) mass is 268 g/mol. The predicted molar refractivity (Wildman–Crippen MR) is 78.2 cm³/mol. The molecule has 1 N–H and O–H groups in total. The fraction of sp³-hybridized carbons (Fsp3) is 0.750. The van der Waals surface area contributed by atoms with Crippen LogP contribution in [0.4, 0.5) is 0 Å². The van der Waals surface area contributed by atoms with E-state index in [0.717, 1.165) is 25.7 Å². The number of hydrogen-bond donors (Lipinski definition) is 1. The molecule has 3 heteroatoms. The minimum atomic E-state index is -1.30. The van der Waals surface area contributed by atoms with Crippen molar-refractivity contribution in [1.82, 2.24) is 0 Å². The molecule has 0 saturated carbocycles. The third kappa shape index (κ3) is 13.1. The smallest absolute Gasteiger partial charge is 0.372 e. The van der Waals surface area contributed by atoms with Crippen molar-refractivity contribution in [3.05, 3.63) is 12.2 Å². The number of Topliss-reactive ketones (excluding diaryl/α,β-unsaturated/α-hetero) is 1. The number of rotatable bonds is 13. The van der Waals surface area contributed by atoms with E-state index in [4.69, 9.17) is 5.11 Å². The van der Waals surface area contributed by atoms with Crippen molar-refractivity contribution in [2.75, 3.05) is 0 Å². The summed E-state index contributed by atoms with van der Waals surface area (Å²) in [5.74, 6) is -1.96. The summed E-state index contributed by atoms with van der Waals surface area (Å²) >= 11 is 0. The molecule has 0 aromatic heterocycles. The Hall–Kier alpha value is -1.12. The van der Waals surface area contributed by atoms with Crippen molar-refractivity contribution in [2.45, 2.75) is 77.6 Å². The second-order valence-electron chi connectivity index (χ2n) is 5.00. The first-order chi connectivity index (χ1) is 9.18. The van der Waals surface area contributed by atoms with Crippen LogP contribution in [0.1, 0.15) is 77.6 Å². The average molecular weight is 268 g/mol. The van der Waals surface area contributed by atoms with Crippen LogP contribution >= 0.6 is 0 Å². The third-order valence-corrected chi connectivity index (χ3v) is 3.15. The van der Waals surface area contributed by atoms with Crippen LogP contribution in [0.2, 0.25) is 0 Å².